The van der Waals surface area contributed by atoms with Crippen LogP contribution in [0.3, 0.4) is 0 Å². The minimum Gasteiger partial charge on any atom is -0.503 e. The molecule has 0 unspecified atom stereocenters. The molecule has 4 aliphatic rings. The largest absolute Gasteiger partial charge is 0.503 e. The number of phenols is 1. The second-order valence-electron chi connectivity index (χ2n) is 10.9. The topological polar surface area (TPSA) is 142 Å². The van der Waals surface area contributed by atoms with Gasteiger partial charge in [0, 0.05) is 13.0 Å². The fourth-order valence-corrected chi connectivity index (χ4v) is 8.31. The molecule has 2 aliphatic carbocycles. The lowest BCUT2D eigenvalue weighted by Gasteiger charge is -2.50. The molecule has 13 heteroatoms. The number of aromatic carboxylic acids is 1. The van der Waals surface area contributed by atoms with Gasteiger partial charge in [-0.1, -0.05) is 29.3 Å². The van der Waals surface area contributed by atoms with Gasteiger partial charge in [-0.15, -0.1) is 23.2 Å². The normalized spacial score (nSPS) is 32.0. The first-order valence-corrected chi connectivity index (χ1v) is 14.1. The highest BCUT2D eigenvalue weighted by molar-refractivity contribution is 6.53. The van der Waals surface area contributed by atoms with Crippen molar-refractivity contribution in [3.05, 3.63) is 64.2 Å². The number of carboxylic acids is 1. The maximum Gasteiger partial charge on any atom is 0.335 e. The van der Waals surface area contributed by atoms with Crippen LogP contribution in [-0.4, -0.2) is 68.6 Å². The average molecular weight is 634 g/mol. The zero-order valence-corrected chi connectivity index (χ0v) is 24.4. The molecule has 218 valence electrons. The number of imide groups is 2. The van der Waals surface area contributed by atoms with Crippen LogP contribution < -0.4 is 9.64 Å². The number of fused-ring (bicyclic) bond motifs is 4. The quantitative estimate of drug-likeness (QED) is 0.293. The number of benzene rings is 2. The number of ether oxygens (including phenoxy) is 1. The number of halogens is 3. The van der Waals surface area contributed by atoms with Crippen LogP contribution in [0.4, 0.5) is 5.69 Å². The van der Waals surface area contributed by atoms with Gasteiger partial charge >= 0.3 is 5.97 Å². The third-order valence-electron chi connectivity index (χ3n) is 8.97. The molecule has 6 atom stereocenters. The Bertz CT molecular complexity index is 1660. The maximum absolute atomic E-state index is 14.0. The van der Waals surface area contributed by atoms with Crippen molar-refractivity contribution >= 4 is 70.1 Å². The summed E-state index contributed by atoms with van der Waals surface area (Å²) in [5.41, 5.74) is 0.873. The van der Waals surface area contributed by atoms with E-state index < -0.39 is 63.0 Å². The van der Waals surface area contributed by atoms with Gasteiger partial charge in [-0.3, -0.25) is 29.0 Å². The van der Waals surface area contributed by atoms with E-state index in [4.69, 9.17) is 39.5 Å². The van der Waals surface area contributed by atoms with Gasteiger partial charge < -0.3 is 14.9 Å². The molecule has 2 aliphatic heterocycles. The first-order chi connectivity index (χ1) is 19.8. The minimum atomic E-state index is -2.03. The second-order valence-corrected chi connectivity index (χ2v) is 12.6. The highest BCUT2D eigenvalue weighted by atomic mass is 35.5. The number of carboxylic acid groups (broad SMARTS) is 1. The lowest BCUT2D eigenvalue weighted by molar-refractivity contribution is -0.138. The molecule has 2 N–H and O–H groups in total. The highest BCUT2D eigenvalue weighted by Crippen LogP contribution is 2.65. The molecule has 2 aromatic rings. The molecule has 0 bridgehead atoms. The predicted molar refractivity (Wildman–Crippen MR) is 151 cm³/mol. The smallest absolute Gasteiger partial charge is 0.335 e. The van der Waals surface area contributed by atoms with E-state index in [-0.39, 0.29) is 40.6 Å². The standard InChI is InChI=1S/C29H23Cl3N2O8/c1-33-26(40)28(31)11-17-15(21(29(28,32)27(33)41)13-9-18(30)22(35)19(10-13)42-2)6-7-16-20(17)24(37)34(23(16)36)14-5-3-4-12(8-14)25(38)39/h3-6,8-10,16-17,20-21,35H,7,11H2,1-2H3,(H,38,39)/t16-,17+,20-,21-,28+,29-/m0/s1. The van der Waals surface area contributed by atoms with Crippen LogP contribution in [0.25, 0.3) is 0 Å². The van der Waals surface area contributed by atoms with E-state index in [1.165, 1.54) is 50.6 Å². The first-order valence-electron chi connectivity index (χ1n) is 13.0. The van der Waals surface area contributed by atoms with E-state index in [2.05, 4.69) is 0 Å². The van der Waals surface area contributed by atoms with Gasteiger partial charge in [-0.25, -0.2) is 4.79 Å². The van der Waals surface area contributed by atoms with Crippen LogP contribution in [0.15, 0.2) is 48.0 Å². The van der Waals surface area contributed by atoms with Gasteiger partial charge in [-0.05, 0) is 54.7 Å². The fraction of sp³-hybridized carbons (Fsp3) is 0.345. The number of hydrogen-bond acceptors (Lipinski definition) is 7. The third kappa shape index (κ3) is 3.55. The van der Waals surface area contributed by atoms with Crippen molar-refractivity contribution in [2.45, 2.75) is 28.5 Å². The Morgan fingerprint density at radius 3 is 2.43 bits per heavy atom. The molecule has 4 amide bonds. The van der Waals surface area contributed by atoms with Crippen LogP contribution in [0.1, 0.15) is 34.7 Å². The van der Waals surface area contributed by atoms with Crippen molar-refractivity contribution in [3.8, 4) is 11.5 Å². The number of likely N-dealkylation sites (tertiary alicyclic amines) is 1. The Kier molecular flexibility index (Phi) is 6.42. The summed E-state index contributed by atoms with van der Waals surface area (Å²) in [6, 6.07) is 8.37. The van der Waals surface area contributed by atoms with Crippen LogP contribution in [0.5, 0.6) is 11.5 Å². The number of amides is 4. The number of aromatic hydroxyl groups is 1. The Morgan fingerprint density at radius 2 is 1.76 bits per heavy atom. The van der Waals surface area contributed by atoms with Crippen LogP contribution in [0, 0.1) is 17.8 Å². The van der Waals surface area contributed by atoms with Crippen molar-refractivity contribution in [1.82, 2.24) is 4.90 Å². The SMILES string of the molecule is COc1cc([C@H]2C3=CC[C@@H]4C(=O)N(c5cccc(C(=O)O)c5)C(=O)[C@@H]4[C@@H]3C[C@@]3(Cl)C(=O)N(C)C(=O)[C@@]23Cl)cc(Cl)c1O. The predicted octanol–water partition coefficient (Wildman–Crippen LogP) is 3.95. The van der Waals surface area contributed by atoms with Crippen molar-refractivity contribution in [2.24, 2.45) is 17.8 Å². The van der Waals surface area contributed by atoms with E-state index >= 15 is 0 Å². The minimum absolute atomic E-state index is 0.00363. The molecule has 0 aromatic heterocycles. The molecule has 1 saturated carbocycles. The number of nitrogens with zero attached hydrogens (tertiary/aromatic N) is 2. The van der Waals surface area contributed by atoms with E-state index in [9.17, 15) is 34.2 Å². The average Bonchev–Trinajstić information content (AvgIpc) is 3.29. The number of anilines is 1. The fourth-order valence-electron chi connectivity index (χ4n) is 7.07. The number of rotatable bonds is 4. The van der Waals surface area contributed by atoms with Crippen molar-refractivity contribution in [2.75, 3.05) is 19.1 Å². The third-order valence-corrected chi connectivity index (χ3v) is 10.7. The molecule has 3 fully saturated rings. The molecular formula is C29H23Cl3N2O8. The van der Waals surface area contributed by atoms with Gasteiger partial charge in [-0.2, -0.15) is 0 Å². The summed E-state index contributed by atoms with van der Waals surface area (Å²) in [6.45, 7) is 0. The molecule has 2 heterocycles. The van der Waals surface area contributed by atoms with Gasteiger partial charge in [0.2, 0.25) is 11.8 Å². The Hall–Kier alpha value is -3.60. The number of phenolic OH excluding ortho intramolecular Hbond substituents is 1. The number of carbonyl (C=O) groups is 5. The number of methoxy groups -OCH3 is 1. The molecule has 42 heavy (non-hydrogen) atoms. The number of allylic oxidation sites excluding steroid dienone is 2. The Balaban J connectivity index is 1.52. The molecule has 0 radical (unpaired) electrons. The lowest BCUT2D eigenvalue weighted by atomic mass is 9.56. The summed E-state index contributed by atoms with van der Waals surface area (Å²) < 4.78 is 5.28. The van der Waals surface area contributed by atoms with E-state index in [0.29, 0.717) is 11.1 Å². The van der Waals surface area contributed by atoms with E-state index in [1.54, 1.807) is 6.08 Å². The highest BCUT2D eigenvalue weighted by Gasteiger charge is 2.76. The van der Waals surface area contributed by atoms with Crippen LogP contribution >= 0.6 is 34.8 Å². The summed E-state index contributed by atoms with van der Waals surface area (Å²) in [6.07, 6.45) is 1.67. The van der Waals surface area contributed by atoms with E-state index in [0.717, 1.165) is 9.80 Å². The second kappa shape index (κ2) is 9.45. The van der Waals surface area contributed by atoms with Crippen molar-refractivity contribution < 1.29 is 38.9 Å². The summed E-state index contributed by atoms with van der Waals surface area (Å²) >= 11 is 20.6. The molecule has 10 nitrogen and oxygen atoms in total. The Morgan fingerprint density at radius 1 is 1.05 bits per heavy atom. The van der Waals surface area contributed by atoms with Gasteiger partial charge in [0.25, 0.3) is 11.8 Å². The van der Waals surface area contributed by atoms with Crippen molar-refractivity contribution in [3.63, 3.8) is 0 Å². The molecule has 2 saturated heterocycles. The summed E-state index contributed by atoms with van der Waals surface area (Å²) in [5, 5.41) is 19.7. The van der Waals surface area contributed by atoms with Gasteiger partial charge in [0.1, 0.15) is 0 Å². The first kappa shape index (κ1) is 28.5. The molecular weight excluding hydrogens is 611 g/mol. The zero-order valence-electron chi connectivity index (χ0n) is 22.1. The maximum atomic E-state index is 14.0. The number of hydrogen-bond donors (Lipinski definition) is 2. The molecule has 0 spiro atoms. The van der Waals surface area contributed by atoms with Gasteiger partial charge in [0.15, 0.2) is 21.2 Å². The Labute approximate surface area is 254 Å². The summed E-state index contributed by atoms with van der Waals surface area (Å²) in [5.74, 6) is -7.77. The van der Waals surface area contributed by atoms with E-state index in [1.807, 2.05) is 0 Å². The monoisotopic (exact) mass is 632 g/mol. The zero-order chi connectivity index (χ0) is 30.5. The summed E-state index contributed by atoms with van der Waals surface area (Å²) in [7, 11) is 2.60. The lowest BCUT2D eigenvalue weighted by Crippen LogP contribution is -2.60. The van der Waals surface area contributed by atoms with Gasteiger partial charge in [0.05, 0.1) is 35.2 Å². The van der Waals surface area contributed by atoms with Crippen LogP contribution in [-0.2, 0) is 19.2 Å². The number of carbonyl (C=O) groups excluding carboxylic acids is 4. The van der Waals surface area contributed by atoms with Crippen LogP contribution in [0.2, 0.25) is 5.02 Å². The number of alkyl halides is 2. The van der Waals surface area contributed by atoms with Crippen molar-refractivity contribution in [1.29, 1.82) is 0 Å². The summed E-state index contributed by atoms with van der Waals surface area (Å²) in [4.78, 5) is 64.3. The molecule has 2 aromatic carbocycles. The molecule has 6 rings (SSSR count).